The average Bonchev–Trinajstić information content (AvgIpc) is 2.26. The van der Waals surface area contributed by atoms with Gasteiger partial charge in [-0.15, -0.1) is 0 Å². The lowest BCUT2D eigenvalue weighted by molar-refractivity contribution is 0.0338. The third-order valence-corrected chi connectivity index (χ3v) is 4.66. The van der Waals surface area contributed by atoms with Crippen LogP contribution in [-0.2, 0) is 0 Å². The molecular formula is C14H26O. The van der Waals surface area contributed by atoms with Crippen LogP contribution in [0.1, 0.15) is 64.7 Å². The summed E-state index contributed by atoms with van der Waals surface area (Å²) in [5.41, 5.74) is 0. The van der Waals surface area contributed by atoms with Crippen molar-refractivity contribution in [3.63, 3.8) is 0 Å². The van der Waals surface area contributed by atoms with Crippen molar-refractivity contribution in [2.24, 2.45) is 17.8 Å². The van der Waals surface area contributed by atoms with Crippen LogP contribution in [0.25, 0.3) is 0 Å². The number of fused-ring (bicyclic) bond motifs is 1. The number of aliphatic hydroxyl groups excluding tert-OH is 1. The molecule has 2 rings (SSSR count). The number of rotatable bonds is 3. The van der Waals surface area contributed by atoms with Crippen LogP contribution in [0.3, 0.4) is 0 Å². The Labute approximate surface area is 94.3 Å². The highest BCUT2D eigenvalue weighted by Crippen LogP contribution is 2.43. The van der Waals surface area contributed by atoms with Crippen molar-refractivity contribution in [3.05, 3.63) is 0 Å². The topological polar surface area (TPSA) is 20.2 Å². The van der Waals surface area contributed by atoms with Crippen LogP contribution in [0.15, 0.2) is 0 Å². The maximum absolute atomic E-state index is 9.66. The van der Waals surface area contributed by atoms with Crippen LogP contribution >= 0.6 is 0 Å². The molecule has 0 aliphatic heterocycles. The first-order chi connectivity index (χ1) is 7.29. The monoisotopic (exact) mass is 210 g/mol. The van der Waals surface area contributed by atoms with E-state index in [-0.39, 0.29) is 6.10 Å². The minimum Gasteiger partial charge on any atom is -0.393 e. The summed E-state index contributed by atoms with van der Waals surface area (Å²) in [6, 6.07) is 0. The summed E-state index contributed by atoms with van der Waals surface area (Å²) in [5, 5.41) is 9.66. The summed E-state index contributed by atoms with van der Waals surface area (Å²) in [6.45, 7) is 2.29. The Kier molecular flexibility index (Phi) is 4.07. The van der Waals surface area contributed by atoms with Crippen molar-refractivity contribution in [1.29, 1.82) is 0 Å². The molecule has 2 saturated carbocycles. The first kappa shape index (κ1) is 11.4. The molecule has 1 N–H and O–H groups in total. The normalized spacial score (nSPS) is 41.2. The van der Waals surface area contributed by atoms with Gasteiger partial charge in [-0.25, -0.2) is 0 Å². The molecule has 2 fully saturated rings. The smallest absolute Gasteiger partial charge is 0.0543 e. The molecule has 0 aromatic carbocycles. The average molecular weight is 210 g/mol. The Morgan fingerprint density at radius 2 is 1.73 bits per heavy atom. The van der Waals surface area contributed by atoms with E-state index in [2.05, 4.69) is 6.92 Å². The minimum atomic E-state index is 0.0263. The van der Waals surface area contributed by atoms with Crippen molar-refractivity contribution in [3.8, 4) is 0 Å². The molecule has 0 saturated heterocycles. The second-order valence-electron chi connectivity index (χ2n) is 5.81. The number of unbranched alkanes of at least 4 members (excludes halogenated alkanes) is 1. The van der Waals surface area contributed by atoms with E-state index in [1.165, 1.54) is 44.9 Å². The zero-order valence-corrected chi connectivity index (χ0v) is 10.1. The molecule has 1 heteroatoms. The van der Waals surface area contributed by atoms with E-state index in [0.29, 0.717) is 0 Å². The molecule has 1 nitrogen and oxygen atoms in total. The Morgan fingerprint density at radius 1 is 1.00 bits per heavy atom. The van der Waals surface area contributed by atoms with Crippen LogP contribution in [0.4, 0.5) is 0 Å². The van der Waals surface area contributed by atoms with E-state index < -0.39 is 0 Å². The van der Waals surface area contributed by atoms with E-state index in [9.17, 15) is 5.11 Å². The van der Waals surface area contributed by atoms with Crippen LogP contribution < -0.4 is 0 Å². The van der Waals surface area contributed by atoms with Gasteiger partial charge in [0.1, 0.15) is 0 Å². The van der Waals surface area contributed by atoms with Crippen molar-refractivity contribution in [1.82, 2.24) is 0 Å². The minimum absolute atomic E-state index is 0.0263. The number of aliphatic hydroxyl groups is 1. The zero-order valence-electron chi connectivity index (χ0n) is 10.1. The molecule has 15 heavy (non-hydrogen) atoms. The fourth-order valence-electron chi connectivity index (χ4n) is 3.72. The molecule has 0 radical (unpaired) electrons. The van der Waals surface area contributed by atoms with Crippen molar-refractivity contribution in [2.45, 2.75) is 70.8 Å². The van der Waals surface area contributed by atoms with Crippen LogP contribution in [0, 0.1) is 17.8 Å². The van der Waals surface area contributed by atoms with Gasteiger partial charge in [-0.2, -0.15) is 0 Å². The van der Waals surface area contributed by atoms with E-state index in [1.54, 1.807) is 0 Å². The van der Waals surface area contributed by atoms with Gasteiger partial charge in [-0.05, 0) is 49.9 Å². The molecule has 0 heterocycles. The standard InChI is InChI=1S/C14H26O/c1-2-3-4-11-5-6-13-10-14(15)8-7-12(13)9-11/h11-15H,2-10H2,1H3. The van der Waals surface area contributed by atoms with Crippen LogP contribution in [0.2, 0.25) is 0 Å². The third kappa shape index (κ3) is 2.96. The van der Waals surface area contributed by atoms with Crippen LogP contribution in [-0.4, -0.2) is 11.2 Å². The van der Waals surface area contributed by atoms with Gasteiger partial charge in [0.25, 0.3) is 0 Å². The maximum Gasteiger partial charge on any atom is 0.0543 e. The SMILES string of the molecule is CCCCC1CCC2CC(O)CCC2C1. The highest BCUT2D eigenvalue weighted by atomic mass is 16.3. The quantitative estimate of drug-likeness (QED) is 0.752. The predicted molar refractivity (Wildman–Crippen MR) is 63.7 cm³/mol. The predicted octanol–water partition coefficient (Wildman–Crippen LogP) is 3.75. The highest BCUT2D eigenvalue weighted by molar-refractivity contribution is 4.85. The summed E-state index contributed by atoms with van der Waals surface area (Å²) < 4.78 is 0. The van der Waals surface area contributed by atoms with E-state index >= 15 is 0 Å². The van der Waals surface area contributed by atoms with Gasteiger partial charge in [-0.1, -0.05) is 32.6 Å². The van der Waals surface area contributed by atoms with Gasteiger partial charge in [0.2, 0.25) is 0 Å². The Hall–Kier alpha value is -0.0400. The summed E-state index contributed by atoms with van der Waals surface area (Å²) in [5.74, 6) is 2.84. The first-order valence-corrected chi connectivity index (χ1v) is 6.97. The zero-order chi connectivity index (χ0) is 10.7. The molecular weight excluding hydrogens is 184 g/mol. The lowest BCUT2D eigenvalue weighted by Gasteiger charge is -2.41. The lowest BCUT2D eigenvalue weighted by atomic mass is 9.66. The third-order valence-electron chi connectivity index (χ3n) is 4.66. The van der Waals surface area contributed by atoms with E-state index in [4.69, 9.17) is 0 Å². The first-order valence-electron chi connectivity index (χ1n) is 6.97. The van der Waals surface area contributed by atoms with E-state index in [0.717, 1.165) is 30.6 Å². The summed E-state index contributed by atoms with van der Waals surface area (Å²) in [7, 11) is 0. The Morgan fingerprint density at radius 3 is 2.53 bits per heavy atom. The maximum atomic E-state index is 9.66. The second kappa shape index (κ2) is 5.34. The van der Waals surface area contributed by atoms with Crippen LogP contribution in [0.5, 0.6) is 0 Å². The summed E-state index contributed by atoms with van der Waals surface area (Å²) in [6.07, 6.45) is 12.0. The fourth-order valence-corrected chi connectivity index (χ4v) is 3.72. The molecule has 2 aliphatic rings. The molecule has 4 unspecified atom stereocenters. The fraction of sp³-hybridized carbons (Fsp3) is 1.00. The summed E-state index contributed by atoms with van der Waals surface area (Å²) in [4.78, 5) is 0. The van der Waals surface area contributed by atoms with E-state index in [1.807, 2.05) is 0 Å². The van der Waals surface area contributed by atoms with Gasteiger partial charge < -0.3 is 5.11 Å². The number of hydrogen-bond donors (Lipinski definition) is 1. The molecule has 0 aromatic rings. The molecule has 0 aromatic heterocycles. The molecule has 4 atom stereocenters. The molecule has 2 aliphatic carbocycles. The summed E-state index contributed by atoms with van der Waals surface area (Å²) >= 11 is 0. The molecule has 88 valence electrons. The van der Waals surface area contributed by atoms with Crippen molar-refractivity contribution in [2.75, 3.05) is 0 Å². The largest absolute Gasteiger partial charge is 0.393 e. The Bertz CT molecular complexity index is 190. The van der Waals surface area contributed by atoms with Gasteiger partial charge >= 0.3 is 0 Å². The van der Waals surface area contributed by atoms with Gasteiger partial charge in [0.15, 0.2) is 0 Å². The second-order valence-corrected chi connectivity index (χ2v) is 5.81. The lowest BCUT2D eigenvalue weighted by Crippen LogP contribution is -2.33. The molecule has 0 bridgehead atoms. The van der Waals surface area contributed by atoms with Crippen molar-refractivity contribution < 1.29 is 5.11 Å². The van der Waals surface area contributed by atoms with Gasteiger partial charge in [0.05, 0.1) is 6.10 Å². The van der Waals surface area contributed by atoms with Gasteiger partial charge in [0, 0.05) is 0 Å². The molecule has 0 amide bonds. The highest BCUT2D eigenvalue weighted by Gasteiger charge is 2.34. The van der Waals surface area contributed by atoms with Gasteiger partial charge in [-0.3, -0.25) is 0 Å². The Balaban J connectivity index is 1.79. The molecule has 0 spiro atoms. The number of hydrogen-bond acceptors (Lipinski definition) is 1. The van der Waals surface area contributed by atoms with Crippen molar-refractivity contribution >= 4 is 0 Å².